The Bertz CT molecular complexity index is 1340. The van der Waals surface area contributed by atoms with Gasteiger partial charge in [-0.25, -0.2) is 0 Å². The van der Waals surface area contributed by atoms with E-state index >= 15 is 0 Å². The summed E-state index contributed by atoms with van der Waals surface area (Å²) in [6.45, 7) is -3.73. The normalized spacial score (nSPS) is 12.7. The molecule has 0 saturated heterocycles. The van der Waals surface area contributed by atoms with Gasteiger partial charge in [0.05, 0.1) is 51.4 Å². The summed E-state index contributed by atoms with van der Waals surface area (Å²) < 4.78 is 0. The summed E-state index contributed by atoms with van der Waals surface area (Å²) in [6, 6.07) is -6.99. The molecule has 0 fully saturated rings. The van der Waals surface area contributed by atoms with Crippen LogP contribution in [0.5, 0.6) is 0 Å². The van der Waals surface area contributed by atoms with Gasteiger partial charge in [0.1, 0.15) is 24.7 Å². The molecule has 0 rings (SSSR count). The Morgan fingerprint density at radius 3 is 0.918 bits per heavy atom. The number of amides is 7. The quantitative estimate of drug-likeness (QED) is 0.0469. The smallest absolute Gasteiger partial charge is 0.322 e. The molecular weight excluding hydrogens is 672 g/mol. The highest BCUT2D eigenvalue weighted by atomic mass is 16.4. The van der Waals surface area contributed by atoms with E-state index in [9.17, 15) is 57.5 Å². The fraction of sp³-hybridized carbons (Fsp3) is 0.500. The van der Waals surface area contributed by atoms with Crippen LogP contribution in [-0.4, -0.2) is 147 Å². The molecule has 0 spiro atoms. The second-order valence-electron chi connectivity index (χ2n) is 9.62. The van der Waals surface area contributed by atoms with Crippen LogP contribution in [0, 0.1) is 0 Å². The van der Waals surface area contributed by atoms with Gasteiger partial charge >= 0.3 is 29.8 Å². The zero-order valence-corrected chi connectivity index (χ0v) is 25.2. The van der Waals surface area contributed by atoms with Gasteiger partial charge in [-0.3, -0.25) is 57.5 Å². The molecule has 4 atom stereocenters. The summed E-state index contributed by atoms with van der Waals surface area (Å²) >= 11 is 0. The molecule has 0 unspecified atom stereocenters. The van der Waals surface area contributed by atoms with Crippen molar-refractivity contribution in [3.05, 3.63) is 0 Å². The number of nitrogens with two attached hydrogens (primary N) is 1. The lowest BCUT2D eigenvalue weighted by atomic mass is 10.1. The highest BCUT2D eigenvalue weighted by Gasteiger charge is 2.28. The molecule has 25 heteroatoms. The number of carbonyl (C=O) groups excluding carboxylic acids is 7. The molecule has 14 N–H and O–H groups in total. The summed E-state index contributed by atoms with van der Waals surface area (Å²) in [4.78, 5) is 140. The third-order valence-corrected chi connectivity index (χ3v) is 5.51. The molecule has 0 aromatic rings. The maximum Gasteiger partial charge on any atom is 0.322 e. The Hall–Kier alpha value is -6.40. The average molecular weight is 707 g/mol. The lowest BCUT2D eigenvalue weighted by Crippen LogP contribution is -2.55. The lowest BCUT2D eigenvalue weighted by molar-refractivity contribution is -0.142. The zero-order valence-electron chi connectivity index (χ0n) is 25.2. The molecule has 49 heavy (non-hydrogen) atoms. The number of hydrogen-bond donors (Lipinski definition) is 13. The topological polar surface area (TPSA) is 416 Å². The summed E-state index contributed by atoms with van der Waals surface area (Å²) in [7, 11) is 0. The van der Waals surface area contributed by atoms with Crippen LogP contribution in [0.4, 0.5) is 0 Å². The van der Waals surface area contributed by atoms with E-state index in [2.05, 4.69) is 0 Å². The Morgan fingerprint density at radius 2 is 0.653 bits per heavy atom. The van der Waals surface area contributed by atoms with E-state index in [1.54, 1.807) is 0 Å². The van der Waals surface area contributed by atoms with Gasteiger partial charge in [0.15, 0.2) is 0 Å². The second-order valence-corrected chi connectivity index (χ2v) is 9.62. The number of carbonyl (C=O) groups is 12. The van der Waals surface area contributed by atoms with Crippen molar-refractivity contribution in [3.63, 3.8) is 0 Å². The number of nitrogens with one attached hydrogen (secondary N) is 7. The highest BCUT2D eigenvalue weighted by Crippen LogP contribution is 1.97. The Balaban J connectivity index is 5.23. The zero-order chi connectivity index (χ0) is 37.8. The van der Waals surface area contributed by atoms with Crippen molar-refractivity contribution in [2.45, 2.75) is 49.9 Å². The molecule has 0 saturated carbocycles. The van der Waals surface area contributed by atoms with Crippen LogP contribution in [0.15, 0.2) is 0 Å². The molecule has 0 bridgehead atoms. The maximum atomic E-state index is 12.5. The predicted octanol–water partition coefficient (Wildman–Crippen LogP) is -7.78. The first-order valence-electron chi connectivity index (χ1n) is 13.5. The second kappa shape index (κ2) is 21.4. The first-order valence-corrected chi connectivity index (χ1v) is 13.5. The van der Waals surface area contributed by atoms with Gasteiger partial charge in [0.25, 0.3) is 0 Å². The van der Waals surface area contributed by atoms with Crippen molar-refractivity contribution >= 4 is 71.2 Å². The van der Waals surface area contributed by atoms with Gasteiger partial charge in [-0.05, 0) is 0 Å². The van der Waals surface area contributed by atoms with Crippen LogP contribution in [0.1, 0.15) is 25.7 Å². The van der Waals surface area contributed by atoms with E-state index in [1.165, 1.54) is 0 Å². The van der Waals surface area contributed by atoms with E-state index in [0.29, 0.717) is 0 Å². The van der Waals surface area contributed by atoms with E-state index in [-0.39, 0.29) is 0 Å². The molecular formula is C24H34N8O17. The SMILES string of the molecule is N[C@@H](CC(=O)O)C(=O)NCC(=O)N[C@@H](CC(=O)O)C(=O)NCC(=O)N[C@@H](CC(=O)O)C(=O)NCC(=O)N[C@@H](CC(=O)O)C(=O)NCC(=O)O. The monoisotopic (exact) mass is 706 g/mol. The average Bonchev–Trinajstić information content (AvgIpc) is 2.97. The number of carboxylic acids is 5. The van der Waals surface area contributed by atoms with E-state index in [1.807, 2.05) is 37.2 Å². The number of aliphatic carboxylic acids is 5. The lowest BCUT2D eigenvalue weighted by Gasteiger charge is -2.20. The largest absolute Gasteiger partial charge is 0.481 e. The van der Waals surface area contributed by atoms with Crippen molar-refractivity contribution in [2.24, 2.45) is 5.73 Å². The third kappa shape index (κ3) is 19.7. The van der Waals surface area contributed by atoms with E-state index < -0.39 is 147 Å². The van der Waals surface area contributed by atoms with Gasteiger partial charge in [-0.15, -0.1) is 0 Å². The van der Waals surface area contributed by atoms with Crippen molar-refractivity contribution in [2.75, 3.05) is 26.2 Å². The van der Waals surface area contributed by atoms with Crippen molar-refractivity contribution in [3.8, 4) is 0 Å². The molecule has 0 aliphatic heterocycles. The molecule has 0 radical (unpaired) electrons. The molecule has 0 aliphatic rings. The van der Waals surface area contributed by atoms with Crippen molar-refractivity contribution in [1.82, 2.24) is 37.2 Å². The van der Waals surface area contributed by atoms with E-state index in [0.717, 1.165) is 0 Å². The van der Waals surface area contributed by atoms with Crippen LogP contribution < -0.4 is 43.0 Å². The molecule has 0 aliphatic carbocycles. The van der Waals surface area contributed by atoms with Crippen molar-refractivity contribution in [1.29, 1.82) is 0 Å². The molecule has 25 nitrogen and oxygen atoms in total. The van der Waals surface area contributed by atoms with Crippen LogP contribution in [0.3, 0.4) is 0 Å². The van der Waals surface area contributed by atoms with E-state index in [4.69, 9.17) is 31.3 Å². The van der Waals surface area contributed by atoms with Crippen LogP contribution in [0.25, 0.3) is 0 Å². The predicted molar refractivity (Wildman–Crippen MR) is 152 cm³/mol. The number of hydrogen-bond acceptors (Lipinski definition) is 13. The van der Waals surface area contributed by atoms with Gasteiger partial charge in [-0.1, -0.05) is 0 Å². The van der Waals surface area contributed by atoms with Gasteiger partial charge in [-0.2, -0.15) is 0 Å². The number of rotatable bonds is 23. The molecule has 272 valence electrons. The van der Waals surface area contributed by atoms with Crippen LogP contribution in [-0.2, 0) is 57.5 Å². The minimum Gasteiger partial charge on any atom is -0.481 e. The maximum absolute atomic E-state index is 12.5. The fourth-order valence-corrected chi connectivity index (χ4v) is 3.33. The molecule has 0 aromatic heterocycles. The van der Waals surface area contributed by atoms with Gasteiger partial charge < -0.3 is 68.5 Å². The van der Waals surface area contributed by atoms with Crippen LogP contribution in [0.2, 0.25) is 0 Å². The third-order valence-electron chi connectivity index (χ3n) is 5.51. The highest BCUT2D eigenvalue weighted by molar-refractivity contribution is 5.97. The molecule has 7 amide bonds. The Kier molecular flexibility index (Phi) is 18.6. The minimum atomic E-state index is -1.88. The minimum absolute atomic E-state index is 0.767. The summed E-state index contributed by atoms with van der Waals surface area (Å²) in [5, 5.41) is 57.9. The first-order chi connectivity index (χ1) is 22.7. The first kappa shape index (κ1) is 42.6. The Morgan fingerprint density at radius 1 is 0.388 bits per heavy atom. The summed E-state index contributed by atoms with van der Waals surface area (Å²) in [5.74, 6) is -15.9. The fourth-order valence-electron chi connectivity index (χ4n) is 3.33. The van der Waals surface area contributed by atoms with Gasteiger partial charge in [0.2, 0.25) is 41.4 Å². The van der Waals surface area contributed by atoms with Crippen LogP contribution >= 0.6 is 0 Å². The Labute approximate surface area is 273 Å². The summed E-state index contributed by atoms with van der Waals surface area (Å²) in [5.41, 5.74) is 5.33. The molecule has 0 heterocycles. The van der Waals surface area contributed by atoms with Gasteiger partial charge in [0, 0.05) is 0 Å². The standard InChI is InChI=1S/C24H34N8O17/c25-9(1-16(36)37)21(46)26-5-13(33)30-10(2-17(38)39)22(47)27-6-14(34)31-11(3-18(40)41)23(48)28-7-15(35)32-12(4-19(42)43)24(49)29-8-20(44)45/h9-12H,1-8,25H2,(H,26,46)(H,27,47)(H,28,48)(H,29,49)(H,30,33)(H,31,34)(H,32,35)(H,36,37)(H,38,39)(H,40,41)(H,42,43)(H,44,45)/t9-,10-,11-,12-/m0/s1. The number of carboxylic acid groups (broad SMARTS) is 5. The van der Waals surface area contributed by atoms with Crippen molar-refractivity contribution < 1.29 is 83.1 Å². The summed E-state index contributed by atoms with van der Waals surface area (Å²) in [6.07, 6.45) is -3.83. The molecule has 0 aromatic carbocycles.